The summed E-state index contributed by atoms with van der Waals surface area (Å²) < 4.78 is 51.8. The van der Waals surface area contributed by atoms with E-state index >= 15 is 0 Å². The normalized spacial score (nSPS) is 24.8. The highest BCUT2D eigenvalue weighted by molar-refractivity contribution is 7.89. The fourth-order valence-corrected chi connectivity index (χ4v) is 3.74. The molecule has 4 nitrogen and oxygen atoms in total. The van der Waals surface area contributed by atoms with Crippen molar-refractivity contribution in [2.75, 3.05) is 19.6 Å². The second kappa shape index (κ2) is 4.81. The molecule has 19 heavy (non-hydrogen) atoms. The van der Waals surface area contributed by atoms with Crippen LogP contribution in [0.2, 0.25) is 0 Å². The van der Waals surface area contributed by atoms with E-state index in [9.17, 15) is 17.2 Å². The van der Waals surface area contributed by atoms with Gasteiger partial charge in [0.05, 0.1) is 4.90 Å². The Morgan fingerprint density at radius 1 is 1.37 bits per heavy atom. The van der Waals surface area contributed by atoms with E-state index in [0.717, 1.165) is 12.1 Å². The van der Waals surface area contributed by atoms with Crippen LogP contribution in [0.15, 0.2) is 23.1 Å². The topological polar surface area (TPSA) is 63.4 Å². The number of halogens is 2. The zero-order valence-corrected chi connectivity index (χ0v) is 11.4. The SMILES string of the molecule is CC1(CN)CCN(S(=O)(=O)c2ccc(F)c(F)c2)C1. The molecule has 1 atom stereocenters. The molecule has 0 amide bonds. The first-order chi connectivity index (χ1) is 8.78. The third kappa shape index (κ3) is 2.63. The molecule has 1 unspecified atom stereocenters. The molecule has 1 aromatic carbocycles. The molecule has 0 radical (unpaired) electrons. The fourth-order valence-electron chi connectivity index (χ4n) is 2.14. The predicted octanol–water partition coefficient (Wildman–Crippen LogP) is 1.32. The van der Waals surface area contributed by atoms with Gasteiger partial charge in [-0.2, -0.15) is 4.31 Å². The Kier molecular flexibility index (Phi) is 3.63. The Balaban J connectivity index is 2.31. The third-order valence-electron chi connectivity index (χ3n) is 3.54. The minimum Gasteiger partial charge on any atom is -0.330 e. The molecule has 106 valence electrons. The average molecular weight is 290 g/mol. The van der Waals surface area contributed by atoms with Crippen LogP contribution in [0, 0.1) is 17.0 Å². The molecule has 0 saturated carbocycles. The highest BCUT2D eigenvalue weighted by Crippen LogP contribution is 2.32. The highest BCUT2D eigenvalue weighted by Gasteiger charge is 2.39. The van der Waals surface area contributed by atoms with Gasteiger partial charge < -0.3 is 5.73 Å². The van der Waals surface area contributed by atoms with Gasteiger partial charge in [-0.05, 0) is 36.6 Å². The van der Waals surface area contributed by atoms with Crippen molar-refractivity contribution < 1.29 is 17.2 Å². The molecular formula is C12H16F2N2O2S. The van der Waals surface area contributed by atoms with Crippen molar-refractivity contribution in [2.24, 2.45) is 11.1 Å². The number of nitrogens with two attached hydrogens (primary N) is 1. The maximum Gasteiger partial charge on any atom is 0.243 e. The minimum absolute atomic E-state index is 0.229. The number of hydrogen-bond donors (Lipinski definition) is 1. The first-order valence-corrected chi connectivity index (χ1v) is 7.38. The summed E-state index contributed by atoms with van der Waals surface area (Å²) in [6.07, 6.45) is 0.659. The van der Waals surface area contributed by atoms with Crippen molar-refractivity contribution in [2.45, 2.75) is 18.2 Å². The van der Waals surface area contributed by atoms with Gasteiger partial charge in [-0.25, -0.2) is 17.2 Å². The molecule has 0 aliphatic carbocycles. The lowest BCUT2D eigenvalue weighted by Gasteiger charge is -2.22. The van der Waals surface area contributed by atoms with Crippen LogP contribution < -0.4 is 5.73 Å². The molecule has 0 aromatic heterocycles. The Hall–Kier alpha value is -1.05. The van der Waals surface area contributed by atoms with Crippen LogP contribution in [-0.4, -0.2) is 32.4 Å². The second-order valence-corrected chi connectivity index (χ2v) is 7.12. The smallest absolute Gasteiger partial charge is 0.243 e. The number of hydrogen-bond acceptors (Lipinski definition) is 3. The number of rotatable bonds is 3. The molecule has 1 saturated heterocycles. The lowest BCUT2D eigenvalue weighted by atomic mass is 9.90. The van der Waals surface area contributed by atoms with E-state index in [4.69, 9.17) is 5.73 Å². The monoisotopic (exact) mass is 290 g/mol. The van der Waals surface area contributed by atoms with Crippen LogP contribution >= 0.6 is 0 Å². The molecule has 2 rings (SSSR count). The molecule has 2 N–H and O–H groups in total. The summed E-state index contributed by atoms with van der Waals surface area (Å²) in [5, 5.41) is 0. The van der Waals surface area contributed by atoms with Crippen molar-refractivity contribution in [1.82, 2.24) is 4.31 Å². The fraction of sp³-hybridized carbons (Fsp3) is 0.500. The first kappa shape index (κ1) is 14.4. The van der Waals surface area contributed by atoms with E-state index < -0.39 is 21.7 Å². The largest absolute Gasteiger partial charge is 0.330 e. The van der Waals surface area contributed by atoms with Gasteiger partial charge in [-0.15, -0.1) is 0 Å². The molecular weight excluding hydrogens is 274 g/mol. The van der Waals surface area contributed by atoms with E-state index in [1.807, 2.05) is 6.92 Å². The summed E-state index contributed by atoms with van der Waals surface area (Å²) in [7, 11) is -3.79. The number of sulfonamides is 1. The Morgan fingerprint density at radius 2 is 2.05 bits per heavy atom. The highest BCUT2D eigenvalue weighted by atomic mass is 32.2. The Bertz CT molecular complexity index is 591. The third-order valence-corrected chi connectivity index (χ3v) is 5.39. The van der Waals surface area contributed by atoms with Gasteiger partial charge in [0.2, 0.25) is 10.0 Å². The first-order valence-electron chi connectivity index (χ1n) is 5.94. The summed E-state index contributed by atoms with van der Waals surface area (Å²) in [6.45, 7) is 2.93. The van der Waals surface area contributed by atoms with Crippen molar-refractivity contribution >= 4 is 10.0 Å². The van der Waals surface area contributed by atoms with Gasteiger partial charge in [0.15, 0.2) is 11.6 Å². The van der Waals surface area contributed by atoms with Crippen molar-refractivity contribution in [1.29, 1.82) is 0 Å². The average Bonchev–Trinajstić information content (AvgIpc) is 2.77. The molecule has 1 fully saturated rings. The lowest BCUT2D eigenvalue weighted by molar-refractivity contribution is 0.349. The van der Waals surface area contributed by atoms with Crippen LogP contribution in [0.3, 0.4) is 0 Å². The van der Waals surface area contributed by atoms with E-state index in [-0.39, 0.29) is 10.3 Å². The van der Waals surface area contributed by atoms with Crippen LogP contribution in [0.25, 0.3) is 0 Å². The Morgan fingerprint density at radius 3 is 2.58 bits per heavy atom. The molecule has 7 heteroatoms. The summed E-state index contributed by atoms with van der Waals surface area (Å²) in [5.41, 5.74) is 5.37. The van der Waals surface area contributed by atoms with Gasteiger partial charge in [-0.3, -0.25) is 0 Å². The summed E-state index contributed by atoms with van der Waals surface area (Å²) in [4.78, 5) is -0.229. The molecule has 1 heterocycles. The maximum atomic E-state index is 13.1. The van der Waals surface area contributed by atoms with Gasteiger partial charge in [0.25, 0.3) is 0 Å². The van der Waals surface area contributed by atoms with Crippen LogP contribution in [0.4, 0.5) is 8.78 Å². The van der Waals surface area contributed by atoms with Crippen molar-refractivity contribution in [3.05, 3.63) is 29.8 Å². The van der Waals surface area contributed by atoms with Crippen LogP contribution in [0.5, 0.6) is 0 Å². The van der Waals surface area contributed by atoms with Gasteiger partial charge in [-0.1, -0.05) is 6.92 Å². The minimum atomic E-state index is -3.79. The van der Waals surface area contributed by atoms with Gasteiger partial charge in [0, 0.05) is 13.1 Å². The van der Waals surface area contributed by atoms with Crippen LogP contribution in [0.1, 0.15) is 13.3 Å². The van der Waals surface area contributed by atoms with Crippen molar-refractivity contribution in [3.63, 3.8) is 0 Å². The van der Waals surface area contributed by atoms with Crippen LogP contribution in [-0.2, 0) is 10.0 Å². The predicted molar refractivity (Wildman–Crippen MR) is 66.9 cm³/mol. The van der Waals surface area contributed by atoms with Gasteiger partial charge in [0.1, 0.15) is 0 Å². The van der Waals surface area contributed by atoms with Gasteiger partial charge >= 0.3 is 0 Å². The standard InChI is InChI=1S/C12H16F2N2O2S/c1-12(7-15)4-5-16(8-12)19(17,18)9-2-3-10(13)11(14)6-9/h2-3,6H,4-5,7-8,15H2,1H3. The molecule has 1 aliphatic rings. The zero-order chi connectivity index (χ0) is 14.3. The molecule has 0 spiro atoms. The van der Waals surface area contributed by atoms with E-state index in [2.05, 4.69) is 0 Å². The number of benzene rings is 1. The molecule has 0 bridgehead atoms. The number of nitrogens with zero attached hydrogens (tertiary/aromatic N) is 1. The maximum absolute atomic E-state index is 13.1. The van der Waals surface area contributed by atoms with E-state index in [1.54, 1.807) is 0 Å². The van der Waals surface area contributed by atoms with E-state index in [1.165, 1.54) is 4.31 Å². The molecule has 1 aromatic rings. The summed E-state index contributed by atoms with van der Waals surface area (Å²) in [6, 6.07) is 2.61. The quantitative estimate of drug-likeness (QED) is 0.913. The Labute approximate surface area is 111 Å². The van der Waals surface area contributed by atoms with E-state index in [0.29, 0.717) is 32.1 Å². The van der Waals surface area contributed by atoms with Crippen molar-refractivity contribution in [3.8, 4) is 0 Å². The summed E-state index contributed by atoms with van der Waals surface area (Å²) in [5.74, 6) is -2.23. The molecule has 1 aliphatic heterocycles. The second-order valence-electron chi connectivity index (χ2n) is 5.18. The zero-order valence-electron chi connectivity index (χ0n) is 10.6. The lowest BCUT2D eigenvalue weighted by Crippen LogP contribution is -2.34. The summed E-state index contributed by atoms with van der Waals surface area (Å²) >= 11 is 0.